The van der Waals surface area contributed by atoms with Gasteiger partial charge in [0.2, 0.25) is 5.91 Å². The maximum Gasteiger partial charge on any atom is 0.222 e. The number of nitrogens with one attached hydrogen (secondary N) is 1. The van der Waals surface area contributed by atoms with Crippen molar-refractivity contribution in [3.8, 4) is 0 Å². The highest BCUT2D eigenvalue weighted by Crippen LogP contribution is 2.21. The van der Waals surface area contributed by atoms with Gasteiger partial charge in [0, 0.05) is 12.5 Å². The number of rotatable bonds is 5. The normalized spacial score (nSPS) is 16.5. The van der Waals surface area contributed by atoms with Gasteiger partial charge in [-0.15, -0.1) is 0 Å². The molecule has 0 radical (unpaired) electrons. The fourth-order valence-electron chi connectivity index (χ4n) is 1.61. The summed E-state index contributed by atoms with van der Waals surface area (Å²) >= 11 is 0. The first-order valence-corrected chi connectivity index (χ1v) is 6.19. The van der Waals surface area contributed by atoms with Crippen molar-refractivity contribution < 1.29 is 9.90 Å². The summed E-state index contributed by atoms with van der Waals surface area (Å²) in [6.45, 7) is 11.6. The molecular weight excluding hydrogens is 216 g/mol. The Bertz CT molecular complexity index is 255. The topological polar surface area (TPSA) is 75.3 Å². The van der Waals surface area contributed by atoms with E-state index in [9.17, 15) is 9.90 Å². The minimum atomic E-state index is -0.613. The molecule has 0 aromatic rings. The van der Waals surface area contributed by atoms with Gasteiger partial charge >= 0.3 is 0 Å². The minimum Gasteiger partial charge on any atom is -0.391 e. The van der Waals surface area contributed by atoms with Gasteiger partial charge in [-0.25, -0.2) is 0 Å². The van der Waals surface area contributed by atoms with Crippen LogP contribution in [-0.4, -0.2) is 28.7 Å². The van der Waals surface area contributed by atoms with E-state index in [1.165, 1.54) is 0 Å². The third-order valence-corrected chi connectivity index (χ3v) is 2.83. The van der Waals surface area contributed by atoms with Crippen molar-refractivity contribution in [3.63, 3.8) is 0 Å². The van der Waals surface area contributed by atoms with E-state index in [0.29, 0.717) is 6.42 Å². The van der Waals surface area contributed by atoms with Gasteiger partial charge in [-0.3, -0.25) is 4.79 Å². The van der Waals surface area contributed by atoms with Gasteiger partial charge in [0.05, 0.1) is 11.6 Å². The molecule has 0 saturated heterocycles. The first-order chi connectivity index (χ1) is 7.44. The monoisotopic (exact) mass is 244 g/mol. The number of amides is 1. The number of carbonyl (C=O) groups excluding carboxylic acids is 1. The SMILES string of the molecule is CC(O)C(C)(C)NC(=O)CC(N)CC(C)(C)C. The largest absolute Gasteiger partial charge is 0.391 e. The average Bonchev–Trinajstić information content (AvgIpc) is 1.96. The molecule has 4 nitrogen and oxygen atoms in total. The maximum atomic E-state index is 11.8. The molecule has 4 N–H and O–H groups in total. The molecule has 0 heterocycles. The second-order valence-corrected chi connectivity index (χ2v) is 6.67. The van der Waals surface area contributed by atoms with Crippen molar-refractivity contribution in [2.24, 2.45) is 11.1 Å². The lowest BCUT2D eigenvalue weighted by atomic mass is 9.87. The zero-order valence-corrected chi connectivity index (χ0v) is 12.0. The summed E-state index contributed by atoms with van der Waals surface area (Å²) < 4.78 is 0. The lowest BCUT2D eigenvalue weighted by Crippen LogP contribution is -2.52. The molecule has 0 aliphatic carbocycles. The number of nitrogens with two attached hydrogens (primary N) is 1. The third-order valence-electron chi connectivity index (χ3n) is 2.83. The Kier molecular flexibility index (Phi) is 5.62. The van der Waals surface area contributed by atoms with E-state index < -0.39 is 11.6 Å². The Balaban J connectivity index is 4.20. The zero-order chi connectivity index (χ0) is 13.9. The smallest absolute Gasteiger partial charge is 0.222 e. The summed E-state index contributed by atoms with van der Waals surface area (Å²) in [5, 5.41) is 12.3. The van der Waals surface area contributed by atoms with Crippen LogP contribution in [0.3, 0.4) is 0 Å². The van der Waals surface area contributed by atoms with Gasteiger partial charge in [0.25, 0.3) is 0 Å². The molecule has 0 aliphatic heterocycles. The van der Waals surface area contributed by atoms with Gasteiger partial charge in [-0.2, -0.15) is 0 Å². The second kappa shape index (κ2) is 5.83. The molecule has 17 heavy (non-hydrogen) atoms. The first kappa shape index (κ1) is 16.4. The standard InChI is InChI=1S/C13H28N2O2/c1-9(16)13(5,6)15-11(17)7-10(14)8-12(2,3)4/h9-10,16H,7-8,14H2,1-6H3,(H,15,17). The summed E-state index contributed by atoms with van der Waals surface area (Å²) in [6, 6.07) is -0.139. The van der Waals surface area contributed by atoms with Crippen LogP contribution in [0, 0.1) is 5.41 Å². The van der Waals surface area contributed by atoms with Gasteiger partial charge in [0.15, 0.2) is 0 Å². The number of hydrogen-bond donors (Lipinski definition) is 3. The molecule has 0 fully saturated rings. The predicted molar refractivity (Wildman–Crippen MR) is 70.6 cm³/mol. The van der Waals surface area contributed by atoms with E-state index in [-0.39, 0.29) is 17.4 Å². The van der Waals surface area contributed by atoms with Crippen LogP contribution in [0.5, 0.6) is 0 Å². The summed E-state index contributed by atoms with van der Waals surface area (Å²) in [4.78, 5) is 11.8. The Labute approximate surface area is 105 Å². The molecule has 0 spiro atoms. The van der Waals surface area contributed by atoms with E-state index in [1.54, 1.807) is 20.8 Å². The third kappa shape index (κ3) is 7.34. The molecule has 0 aliphatic rings. The van der Waals surface area contributed by atoms with E-state index in [0.717, 1.165) is 6.42 Å². The fourth-order valence-corrected chi connectivity index (χ4v) is 1.61. The molecule has 2 unspecified atom stereocenters. The molecular formula is C13H28N2O2. The molecule has 2 atom stereocenters. The summed E-state index contributed by atoms with van der Waals surface area (Å²) in [5.74, 6) is -0.104. The van der Waals surface area contributed by atoms with E-state index in [1.807, 2.05) is 0 Å². The molecule has 0 aromatic heterocycles. The Morgan fingerprint density at radius 1 is 1.29 bits per heavy atom. The molecule has 4 heteroatoms. The number of aliphatic hydroxyl groups excluding tert-OH is 1. The van der Waals surface area contributed by atoms with Gasteiger partial charge in [0.1, 0.15) is 0 Å². The highest BCUT2D eigenvalue weighted by molar-refractivity contribution is 5.77. The van der Waals surface area contributed by atoms with Crippen LogP contribution in [-0.2, 0) is 4.79 Å². The zero-order valence-electron chi connectivity index (χ0n) is 12.0. The van der Waals surface area contributed by atoms with Crippen LogP contribution in [0.1, 0.15) is 54.4 Å². The highest BCUT2D eigenvalue weighted by Gasteiger charge is 2.27. The number of carbonyl (C=O) groups is 1. The predicted octanol–water partition coefficient (Wildman–Crippen LogP) is 1.42. The van der Waals surface area contributed by atoms with Crippen molar-refractivity contribution in [1.82, 2.24) is 5.32 Å². The van der Waals surface area contributed by atoms with Crippen LogP contribution in [0.2, 0.25) is 0 Å². The van der Waals surface area contributed by atoms with Crippen LogP contribution in [0.15, 0.2) is 0 Å². The second-order valence-electron chi connectivity index (χ2n) is 6.67. The summed E-state index contributed by atoms with van der Waals surface area (Å²) in [5.41, 5.74) is 5.44. The van der Waals surface area contributed by atoms with Crippen LogP contribution >= 0.6 is 0 Å². The lowest BCUT2D eigenvalue weighted by molar-refractivity contribution is -0.124. The molecule has 0 bridgehead atoms. The van der Waals surface area contributed by atoms with Crippen molar-refractivity contribution in [1.29, 1.82) is 0 Å². The van der Waals surface area contributed by atoms with Gasteiger partial charge < -0.3 is 16.2 Å². The molecule has 102 valence electrons. The maximum absolute atomic E-state index is 11.8. The molecule has 1 amide bonds. The van der Waals surface area contributed by atoms with E-state index >= 15 is 0 Å². The first-order valence-electron chi connectivity index (χ1n) is 6.19. The van der Waals surface area contributed by atoms with Crippen LogP contribution < -0.4 is 11.1 Å². The van der Waals surface area contributed by atoms with Gasteiger partial charge in [-0.05, 0) is 32.6 Å². The molecule has 0 rings (SSSR count). The van der Waals surface area contributed by atoms with Crippen molar-refractivity contribution in [2.45, 2.75) is 72.1 Å². The van der Waals surface area contributed by atoms with Crippen molar-refractivity contribution in [3.05, 3.63) is 0 Å². The van der Waals surface area contributed by atoms with Crippen molar-refractivity contribution >= 4 is 5.91 Å². The Morgan fingerprint density at radius 3 is 2.12 bits per heavy atom. The number of aliphatic hydroxyl groups is 1. The van der Waals surface area contributed by atoms with Gasteiger partial charge in [-0.1, -0.05) is 20.8 Å². The quantitative estimate of drug-likeness (QED) is 0.684. The van der Waals surface area contributed by atoms with Crippen LogP contribution in [0.25, 0.3) is 0 Å². The average molecular weight is 244 g/mol. The van der Waals surface area contributed by atoms with Crippen LogP contribution in [0.4, 0.5) is 0 Å². The summed E-state index contributed by atoms with van der Waals surface area (Å²) in [6.07, 6.45) is 0.508. The van der Waals surface area contributed by atoms with E-state index in [2.05, 4.69) is 26.1 Å². The molecule has 0 aromatic carbocycles. The highest BCUT2D eigenvalue weighted by atomic mass is 16.3. The Morgan fingerprint density at radius 2 is 1.76 bits per heavy atom. The number of hydrogen-bond acceptors (Lipinski definition) is 3. The van der Waals surface area contributed by atoms with Crippen molar-refractivity contribution in [2.75, 3.05) is 0 Å². The minimum absolute atomic E-state index is 0.104. The lowest BCUT2D eigenvalue weighted by Gasteiger charge is -2.30. The summed E-state index contributed by atoms with van der Waals surface area (Å²) in [7, 11) is 0. The Hall–Kier alpha value is -0.610. The fraction of sp³-hybridized carbons (Fsp3) is 0.923. The van der Waals surface area contributed by atoms with E-state index in [4.69, 9.17) is 5.73 Å². The molecule has 0 saturated carbocycles.